The Morgan fingerprint density at radius 1 is 1.47 bits per heavy atom. The molecule has 3 N–H and O–H groups in total. The van der Waals surface area contributed by atoms with Gasteiger partial charge in [-0.15, -0.1) is 0 Å². The van der Waals surface area contributed by atoms with Gasteiger partial charge in [-0.1, -0.05) is 6.07 Å². The van der Waals surface area contributed by atoms with Crippen LogP contribution in [0, 0.1) is 10.1 Å². The van der Waals surface area contributed by atoms with Crippen LogP contribution in [0.1, 0.15) is 10.4 Å². The Kier molecular flexibility index (Phi) is 3.32. The summed E-state index contributed by atoms with van der Waals surface area (Å²) in [6.07, 6.45) is 0. The van der Waals surface area contributed by atoms with Crippen LogP contribution in [-0.2, 0) is 4.79 Å². The normalized spacial score (nSPS) is 14.9. The summed E-state index contributed by atoms with van der Waals surface area (Å²) in [6.45, 7) is 0.646. The SMILES string of the molecule is Nc1c(C(=O)N2CCNC(=O)C2)cccc1[N+](=O)[O-]. The molecule has 1 aromatic rings. The zero-order valence-corrected chi connectivity index (χ0v) is 9.96. The number of nitrogens with two attached hydrogens (primary N) is 1. The van der Waals surface area contributed by atoms with E-state index >= 15 is 0 Å². The van der Waals surface area contributed by atoms with Crippen molar-refractivity contribution in [2.75, 3.05) is 25.4 Å². The molecule has 0 aliphatic carbocycles. The first-order valence-corrected chi connectivity index (χ1v) is 5.59. The van der Waals surface area contributed by atoms with Crippen LogP contribution in [0.4, 0.5) is 11.4 Å². The molecular weight excluding hydrogens is 252 g/mol. The fraction of sp³-hybridized carbons (Fsp3) is 0.273. The molecule has 1 aliphatic rings. The van der Waals surface area contributed by atoms with Crippen LogP contribution in [0.3, 0.4) is 0 Å². The van der Waals surface area contributed by atoms with Gasteiger partial charge >= 0.3 is 0 Å². The van der Waals surface area contributed by atoms with Gasteiger partial charge in [-0.3, -0.25) is 19.7 Å². The predicted octanol–water partition coefficient (Wildman–Crippen LogP) is -0.251. The Hall–Kier alpha value is -2.64. The Balaban J connectivity index is 2.31. The average molecular weight is 264 g/mol. The summed E-state index contributed by atoms with van der Waals surface area (Å²) in [5.41, 5.74) is 5.19. The molecule has 0 bridgehead atoms. The maximum Gasteiger partial charge on any atom is 0.292 e. The molecule has 0 saturated carbocycles. The zero-order valence-electron chi connectivity index (χ0n) is 9.96. The van der Waals surface area contributed by atoms with E-state index in [9.17, 15) is 19.7 Å². The quantitative estimate of drug-likeness (QED) is 0.433. The first kappa shape index (κ1) is 12.8. The van der Waals surface area contributed by atoms with Gasteiger partial charge in [0.1, 0.15) is 5.69 Å². The van der Waals surface area contributed by atoms with E-state index < -0.39 is 10.8 Å². The highest BCUT2D eigenvalue weighted by Crippen LogP contribution is 2.25. The molecule has 1 fully saturated rings. The summed E-state index contributed by atoms with van der Waals surface area (Å²) in [6, 6.07) is 4.04. The van der Waals surface area contributed by atoms with Crippen LogP contribution >= 0.6 is 0 Å². The number of anilines is 1. The Morgan fingerprint density at radius 2 is 2.21 bits per heavy atom. The second kappa shape index (κ2) is 4.92. The van der Waals surface area contributed by atoms with Crippen molar-refractivity contribution < 1.29 is 14.5 Å². The van der Waals surface area contributed by atoms with E-state index in [2.05, 4.69) is 5.32 Å². The van der Waals surface area contributed by atoms with Gasteiger partial charge in [0, 0.05) is 19.2 Å². The maximum absolute atomic E-state index is 12.2. The lowest BCUT2D eigenvalue weighted by Gasteiger charge is -2.26. The van der Waals surface area contributed by atoms with Crippen molar-refractivity contribution in [1.82, 2.24) is 10.2 Å². The molecule has 1 heterocycles. The van der Waals surface area contributed by atoms with Crippen LogP contribution in [0.2, 0.25) is 0 Å². The Labute approximate surface area is 108 Å². The molecule has 100 valence electrons. The van der Waals surface area contributed by atoms with Crippen molar-refractivity contribution in [3.8, 4) is 0 Å². The summed E-state index contributed by atoms with van der Waals surface area (Å²) in [7, 11) is 0. The minimum absolute atomic E-state index is 0.0453. The number of benzene rings is 1. The lowest BCUT2D eigenvalue weighted by Crippen LogP contribution is -2.50. The smallest absolute Gasteiger partial charge is 0.292 e. The molecule has 0 radical (unpaired) electrons. The van der Waals surface area contributed by atoms with E-state index in [-0.39, 0.29) is 29.4 Å². The van der Waals surface area contributed by atoms with Crippen molar-refractivity contribution in [2.24, 2.45) is 0 Å². The number of piperazine rings is 1. The topological polar surface area (TPSA) is 119 Å². The number of amides is 2. The highest BCUT2D eigenvalue weighted by Gasteiger charge is 2.26. The molecule has 1 aliphatic heterocycles. The predicted molar refractivity (Wildman–Crippen MR) is 66.4 cm³/mol. The number of nitro groups is 1. The van der Waals surface area contributed by atoms with E-state index in [1.165, 1.54) is 23.1 Å². The molecule has 1 saturated heterocycles. The third-order valence-corrected chi connectivity index (χ3v) is 2.84. The largest absolute Gasteiger partial charge is 0.393 e. The van der Waals surface area contributed by atoms with Gasteiger partial charge in [-0.2, -0.15) is 0 Å². The molecule has 0 spiro atoms. The summed E-state index contributed by atoms with van der Waals surface area (Å²) in [5.74, 6) is -0.736. The third-order valence-electron chi connectivity index (χ3n) is 2.84. The van der Waals surface area contributed by atoms with Crippen LogP contribution < -0.4 is 11.1 Å². The fourth-order valence-electron chi connectivity index (χ4n) is 1.88. The molecule has 0 aromatic heterocycles. The average Bonchev–Trinajstić information content (AvgIpc) is 2.38. The molecular formula is C11H12N4O4. The Bertz CT molecular complexity index is 558. The van der Waals surface area contributed by atoms with Gasteiger partial charge in [0.05, 0.1) is 17.0 Å². The van der Waals surface area contributed by atoms with Crippen LogP contribution in [0.25, 0.3) is 0 Å². The number of rotatable bonds is 2. The highest BCUT2D eigenvalue weighted by molar-refractivity contribution is 6.02. The second-order valence-corrected chi connectivity index (χ2v) is 4.07. The summed E-state index contributed by atoms with van der Waals surface area (Å²) in [4.78, 5) is 34.8. The zero-order chi connectivity index (χ0) is 14.0. The van der Waals surface area contributed by atoms with Gasteiger partial charge in [0.15, 0.2) is 0 Å². The Morgan fingerprint density at radius 3 is 2.84 bits per heavy atom. The number of hydrogen-bond acceptors (Lipinski definition) is 5. The second-order valence-electron chi connectivity index (χ2n) is 4.07. The summed E-state index contributed by atoms with van der Waals surface area (Å²) < 4.78 is 0. The van der Waals surface area contributed by atoms with Gasteiger partial charge in [0.25, 0.3) is 11.6 Å². The van der Waals surface area contributed by atoms with Gasteiger partial charge in [0.2, 0.25) is 5.91 Å². The van der Waals surface area contributed by atoms with Gasteiger partial charge in [-0.25, -0.2) is 0 Å². The van der Waals surface area contributed by atoms with Crippen molar-refractivity contribution in [2.45, 2.75) is 0 Å². The van der Waals surface area contributed by atoms with Crippen molar-refractivity contribution in [3.05, 3.63) is 33.9 Å². The standard InChI is InChI=1S/C11H12N4O4/c12-10-7(2-1-3-8(10)15(18)19)11(17)14-5-4-13-9(16)6-14/h1-3H,4-6,12H2,(H,13,16). The minimum Gasteiger partial charge on any atom is -0.393 e. The summed E-state index contributed by atoms with van der Waals surface area (Å²) in [5, 5.41) is 13.4. The van der Waals surface area contributed by atoms with Gasteiger partial charge in [-0.05, 0) is 6.07 Å². The number of carbonyl (C=O) groups is 2. The minimum atomic E-state index is -0.644. The van der Waals surface area contributed by atoms with Crippen molar-refractivity contribution in [3.63, 3.8) is 0 Å². The number of nitrogen functional groups attached to an aromatic ring is 1. The number of carbonyl (C=O) groups excluding carboxylic acids is 2. The number of nitrogens with zero attached hydrogens (tertiary/aromatic N) is 2. The van der Waals surface area contributed by atoms with E-state index in [0.717, 1.165) is 0 Å². The van der Waals surface area contributed by atoms with E-state index in [4.69, 9.17) is 5.73 Å². The lowest BCUT2D eigenvalue weighted by atomic mass is 10.1. The van der Waals surface area contributed by atoms with E-state index in [1.807, 2.05) is 0 Å². The summed E-state index contributed by atoms with van der Waals surface area (Å²) >= 11 is 0. The molecule has 8 heteroatoms. The highest BCUT2D eigenvalue weighted by atomic mass is 16.6. The van der Waals surface area contributed by atoms with Gasteiger partial charge < -0.3 is 16.0 Å². The first-order valence-electron chi connectivity index (χ1n) is 5.59. The monoisotopic (exact) mass is 264 g/mol. The van der Waals surface area contributed by atoms with Crippen molar-refractivity contribution in [1.29, 1.82) is 0 Å². The van der Waals surface area contributed by atoms with Crippen LogP contribution in [-0.4, -0.2) is 41.3 Å². The first-order chi connectivity index (χ1) is 9.00. The number of hydrogen-bond donors (Lipinski definition) is 2. The molecule has 0 atom stereocenters. The number of nitrogens with one attached hydrogen (secondary N) is 1. The number of para-hydroxylation sites is 1. The van der Waals surface area contributed by atoms with Crippen LogP contribution in [0.15, 0.2) is 18.2 Å². The maximum atomic E-state index is 12.2. The number of nitro benzene ring substituents is 1. The third kappa shape index (κ3) is 2.46. The molecule has 2 amide bonds. The molecule has 19 heavy (non-hydrogen) atoms. The van der Waals surface area contributed by atoms with Crippen LogP contribution in [0.5, 0.6) is 0 Å². The van der Waals surface area contributed by atoms with E-state index in [0.29, 0.717) is 13.1 Å². The molecule has 0 unspecified atom stereocenters. The van der Waals surface area contributed by atoms with Crippen molar-refractivity contribution >= 4 is 23.2 Å². The van der Waals surface area contributed by atoms with E-state index in [1.54, 1.807) is 0 Å². The molecule has 8 nitrogen and oxygen atoms in total. The lowest BCUT2D eigenvalue weighted by molar-refractivity contribution is -0.383. The fourth-order valence-corrected chi connectivity index (χ4v) is 1.88. The molecule has 1 aromatic carbocycles. The molecule has 2 rings (SSSR count).